The monoisotopic (exact) mass is 356 g/mol. The molecular weight excluding hydrogens is 328 g/mol. The highest BCUT2D eigenvalue weighted by atomic mass is 16.2. The number of piperidine rings is 1. The van der Waals surface area contributed by atoms with Gasteiger partial charge in [-0.2, -0.15) is 0 Å². The minimum Gasteiger partial charge on any atom is -0.341 e. The molecule has 6 nitrogen and oxygen atoms in total. The fourth-order valence-corrected chi connectivity index (χ4v) is 4.60. The fraction of sp³-hybridized carbons (Fsp3) is 0.600. The van der Waals surface area contributed by atoms with E-state index in [-0.39, 0.29) is 18.5 Å². The molecule has 0 aliphatic carbocycles. The van der Waals surface area contributed by atoms with E-state index in [1.807, 2.05) is 24.1 Å². The third-order valence-corrected chi connectivity index (χ3v) is 6.20. The molecule has 2 bridgehead atoms. The Morgan fingerprint density at radius 3 is 2.62 bits per heavy atom. The van der Waals surface area contributed by atoms with Gasteiger partial charge >= 0.3 is 6.03 Å². The minimum atomic E-state index is -0.147. The van der Waals surface area contributed by atoms with Crippen LogP contribution in [0, 0.1) is 0 Å². The van der Waals surface area contributed by atoms with Crippen molar-refractivity contribution in [3.63, 3.8) is 0 Å². The Kier molecular flexibility index (Phi) is 4.85. The number of hydrogen-bond acceptors (Lipinski definition) is 3. The molecule has 1 aromatic rings. The maximum atomic E-state index is 12.5. The van der Waals surface area contributed by atoms with Crippen LogP contribution in [0.1, 0.15) is 36.8 Å². The number of nitrogens with one attached hydrogen (secondary N) is 2. The predicted molar refractivity (Wildman–Crippen MR) is 99.7 cm³/mol. The molecular formula is C20H28N4O2. The van der Waals surface area contributed by atoms with Crippen molar-refractivity contribution in [2.45, 2.75) is 56.8 Å². The van der Waals surface area contributed by atoms with E-state index in [4.69, 9.17) is 0 Å². The van der Waals surface area contributed by atoms with Crippen molar-refractivity contribution in [2.75, 3.05) is 20.1 Å². The first-order valence-corrected chi connectivity index (χ1v) is 9.71. The molecule has 3 heterocycles. The van der Waals surface area contributed by atoms with Crippen LogP contribution in [-0.4, -0.2) is 60.0 Å². The smallest absolute Gasteiger partial charge is 0.318 e. The fourth-order valence-electron chi connectivity index (χ4n) is 4.60. The van der Waals surface area contributed by atoms with Crippen molar-refractivity contribution < 1.29 is 9.59 Å². The van der Waals surface area contributed by atoms with E-state index in [0.717, 1.165) is 19.3 Å². The zero-order chi connectivity index (χ0) is 18.1. The Morgan fingerprint density at radius 2 is 1.88 bits per heavy atom. The van der Waals surface area contributed by atoms with E-state index in [9.17, 15) is 9.59 Å². The molecule has 0 saturated carbocycles. The largest absolute Gasteiger partial charge is 0.341 e. The molecule has 3 amide bonds. The molecule has 2 fully saturated rings. The molecule has 2 N–H and O–H groups in total. The van der Waals surface area contributed by atoms with E-state index in [2.05, 4.69) is 22.8 Å². The molecule has 3 aliphatic heterocycles. The summed E-state index contributed by atoms with van der Waals surface area (Å²) in [5.74, 6) is 0.00191. The van der Waals surface area contributed by atoms with Gasteiger partial charge in [-0.15, -0.1) is 0 Å². The van der Waals surface area contributed by atoms with Gasteiger partial charge in [-0.1, -0.05) is 24.3 Å². The SMILES string of the molecule is CN(C(=O)CNC(=O)N1CCc2ccccc2C1)C1CC2CCC(C1)N2. The van der Waals surface area contributed by atoms with Gasteiger partial charge in [0.05, 0.1) is 6.54 Å². The van der Waals surface area contributed by atoms with Gasteiger partial charge in [0.25, 0.3) is 0 Å². The van der Waals surface area contributed by atoms with Crippen LogP contribution < -0.4 is 10.6 Å². The van der Waals surface area contributed by atoms with E-state index in [1.165, 1.54) is 24.0 Å². The summed E-state index contributed by atoms with van der Waals surface area (Å²) in [6.07, 6.45) is 5.35. The van der Waals surface area contributed by atoms with Crippen LogP contribution in [0.2, 0.25) is 0 Å². The van der Waals surface area contributed by atoms with Crippen molar-refractivity contribution >= 4 is 11.9 Å². The lowest BCUT2D eigenvalue weighted by Crippen LogP contribution is -2.52. The maximum absolute atomic E-state index is 12.5. The van der Waals surface area contributed by atoms with Gasteiger partial charge in [0.2, 0.25) is 5.91 Å². The number of hydrogen-bond donors (Lipinski definition) is 2. The average Bonchev–Trinajstić information content (AvgIpc) is 3.02. The van der Waals surface area contributed by atoms with Crippen molar-refractivity contribution in [3.8, 4) is 0 Å². The van der Waals surface area contributed by atoms with E-state index >= 15 is 0 Å². The molecule has 0 radical (unpaired) electrons. The lowest BCUT2D eigenvalue weighted by atomic mass is 9.98. The summed E-state index contributed by atoms with van der Waals surface area (Å²) in [5, 5.41) is 6.42. The number of carbonyl (C=O) groups excluding carboxylic acids is 2. The summed E-state index contributed by atoms with van der Waals surface area (Å²) in [4.78, 5) is 28.6. The van der Waals surface area contributed by atoms with Crippen LogP contribution in [0.15, 0.2) is 24.3 Å². The molecule has 1 aromatic carbocycles. The van der Waals surface area contributed by atoms with Gasteiger partial charge in [0.15, 0.2) is 0 Å². The van der Waals surface area contributed by atoms with Crippen molar-refractivity contribution in [1.29, 1.82) is 0 Å². The molecule has 3 aliphatic rings. The minimum absolute atomic E-state index is 0.00191. The summed E-state index contributed by atoms with van der Waals surface area (Å²) in [6, 6.07) is 9.48. The first-order chi connectivity index (χ1) is 12.6. The Bertz CT molecular complexity index is 680. The molecule has 26 heavy (non-hydrogen) atoms. The first kappa shape index (κ1) is 17.3. The zero-order valence-electron chi connectivity index (χ0n) is 15.4. The third kappa shape index (κ3) is 3.56. The molecule has 140 valence electrons. The predicted octanol–water partition coefficient (Wildman–Crippen LogP) is 1.50. The van der Waals surface area contributed by atoms with Gasteiger partial charge < -0.3 is 20.4 Å². The van der Waals surface area contributed by atoms with Gasteiger partial charge in [-0.05, 0) is 43.2 Å². The number of amides is 3. The van der Waals surface area contributed by atoms with Crippen LogP contribution in [0.5, 0.6) is 0 Å². The average molecular weight is 356 g/mol. The van der Waals surface area contributed by atoms with Crippen LogP contribution in [0.3, 0.4) is 0 Å². The molecule has 0 spiro atoms. The highest BCUT2D eigenvalue weighted by molar-refractivity contribution is 5.84. The van der Waals surface area contributed by atoms with Crippen LogP contribution in [0.25, 0.3) is 0 Å². The van der Waals surface area contributed by atoms with Gasteiger partial charge in [-0.3, -0.25) is 4.79 Å². The highest BCUT2D eigenvalue weighted by Gasteiger charge is 2.36. The highest BCUT2D eigenvalue weighted by Crippen LogP contribution is 2.29. The number of rotatable bonds is 3. The van der Waals surface area contributed by atoms with Gasteiger partial charge in [0.1, 0.15) is 0 Å². The van der Waals surface area contributed by atoms with Crippen molar-refractivity contribution in [2.24, 2.45) is 0 Å². The van der Waals surface area contributed by atoms with Crippen LogP contribution in [-0.2, 0) is 17.8 Å². The second-order valence-electron chi connectivity index (χ2n) is 7.87. The lowest BCUT2D eigenvalue weighted by molar-refractivity contribution is -0.131. The Morgan fingerprint density at radius 1 is 1.19 bits per heavy atom. The van der Waals surface area contributed by atoms with Crippen LogP contribution in [0.4, 0.5) is 4.79 Å². The summed E-state index contributed by atoms with van der Waals surface area (Å²) >= 11 is 0. The normalized spacial score (nSPS) is 27.0. The van der Waals surface area contributed by atoms with Crippen LogP contribution >= 0.6 is 0 Å². The molecule has 2 atom stereocenters. The van der Waals surface area contributed by atoms with Gasteiger partial charge in [-0.25, -0.2) is 4.79 Å². The second kappa shape index (κ2) is 7.27. The summed E-state index contributed by atoms with van der Waals surface area (Å²) in [7, 11) is 1.88. The Labute approximate surface area is 154 Å². The number of likely N-dealkylation sites (N-methyl/N-ethyl adjacent to an activating group) is 1. The van der Waals surface area contributed by atoms with Gasteiger partial charge in [0, 0.05) is 38.3 Å². The number of urea groups is 1. The number of benzene rings is 1. The topological polar surface area (TPSA) is 64.7 Å². The molecule has 6 heteroatoms. The van der Waals surface area contributed by atoms with Crippen molar-refractivity contribution in [1.82, 2.24) is 20.4 Å². The molecule has 4 rings (SSSR count). The zero-order valence-corrected chi connectivity index (χ0v) is 15.4. The molecule has 0 aromatic heterocycles. The third-order valence-electron chi connectivity index (χ3n) is 6.20. The molecule has 2 saturated heterocycles. The van der Waals surface area contributed by atoms with E-state index < -0.39 is 0 Å². The lowest BCUT2D eigenvalue weighted by Gasteiger charge is -2.36. The Hall–Kier alpha value is -2.08. The number of carbonyl (C=O) groups is 2. The standard InChI is InChI=1S/C20H28N4O2/c1-23(18-10-16-6-7-17(11-18)22-16)19(25)12-21-20(26)24-9-8-14-4-2-3-5-15(14)13-24/h2-5,16-18,22H,6-13H2,1H3,(H,21,26). The maximum Gasteiger partial charge on any atom is 0.318 e. The second-order valence-corrected chi connectivity index (χ2v) is 7.87. The summed E-state index contributed by atoms with van der Waals surface area (Å²) in [5.41, 5.74) is 2.51. The number of fused-ring (bicyclic) bond motifs is 3. The van der Waals surface area contributed by atoms with E-state index in [0.29, 0.717) is 31.2 Å². The Balaban J connectivity index is 1.27. The van der Waals surface area contributed by atoms with Crippen molar-refractivity contribution in [3.05, 3.63) is 35.4 Å². The summed E-state index contributed by atoms with van der Waals surface area (Å²) < 4.78 is 0. The quantitative estimate of drug-likeness (QED) is 0.863. The number of nitrogens with zero attached hydrogens (tertiary/aromatic N) is 2. The summed E-state index contributed by atoms with van der Waals surface area (Å²) in [6.45, 7) is 1.39. The molecule has 2 unspecified atom stereocenters. The first-order valence-electron chi connectivity index (χ1n) is 9.71. The van der Waals surface area contributed by atoms with E-state index in [1.54, 1.807) is 4.90 Å².